The van der Waals surface area contributed by atoms with Crippen LogP contribution in [0.25, 0.3) is 0 Å². The number of fused-ring (bicyclic) bond motifs is 1. The number of rotatable bonds is 3. The van der Waals surface area contributed by atoms with Crippen molar-refractivity contribution < 1.29 is 9.18 Å². The van der Waals surface area contributed by atoms with E-state index in [2.05, 4.69) is 15.1 Å². The van der Waals surface area contributed by atoms with Crippen molar-refractivity contribution in [1.29, 1.82) is 0 Å². The molecule has 2 saturated heterocycles. The van der Waals surface area contributed by atoms with Crippen molar-refractivity contribution in [1.82, 2.24) is 9.80 Å². The zero-order valence-electron chi connectivity index (χ0n) is 12.0. The second-order valence-electron chi connectivity index (χ2n) is 5.85. The van der Waals surface area contributed by atoms with Gasteiger partial charge in [-0.25, -0.2) is 4.39 Å². The third-order valence-electron chi connectivity index (χ3n) is 4.30. The number of nitrogens with two attached hydrogens (primary N) is 1. The lowest BCUT2D eigenvalue weighted by molar-refractivity contribution is -0.117. The van der Waals surface area contributed by atoms with Crippen LogP contribution in [0.3, 0.4) is 0 Å². The molecule has 114 valence electrons. The van der Waals surface area contributed by atoms with E-state index >= 15 is 0 Å². The van der Waals surface area contributed by atoms with E-state index in [1.807, 2.05) is 0 Å². The predicted octanol–water partition coefficient (Wildman–Crippen LogP) is 1.13. The van der Waals surface area contributed by atoms with Gasteiger partial charge in [0, 0.05) is 31.4 Å². The Balaban J connectivity index is 1.55. The first-order valence-corrected chi connectivity index (χ1v) is 7.43. The van der Waals surface area contributed by atoms with Crippen molar-refractivity contribution in [3.63, 3.8) is 0 Å². The minimum atomic E-state index is -0.460. The summed E-state index contributed by atoms with van der Waals surface area (Å²) in [6.45, 7) is 4.32. The third kappa shape index (κ3) is 3.33. The van der Waals surface area contributed by atoms with Gasteiger partial charge in [0.25, 0.3) is 0 Å². The van der Waals surface area contributed by atoms with Crippen LogP contribution in [-0.2, 0) is 4.79 Å². The van der Waals surface area contributed by atoms with Gasteiger partial charge in [0.2, 0.25) is 5.91 Å². The molecule has 1 amide bonds. The molecule has 1 aromatic carbocycles. The summed E-state index contributed by atoms with van der Waals surface area (Å²) in [5.41, 5.74) is 6.20. The SMILES string of the molecule is Nc1ccc(F)c(NC(=O)CN2CCN3CCCC3C2)c1. The molecule has 0 aromatic heterocycles. The molecular weight excluding hydrogens is 271 g/mol. The molecule has 1 aromatic rings. The Kier molecular flexibility index (Phi) is 4.07. The molecule has 2 aliphatic heterocycles. The number of hydrogen-bond acceptors (Lipinski definition) is 4. The summed E-state index contributed by atoms with van der Waals surface area (Å²) < 4.78 is 13.6. The first-order valence-electron chi connectivity index (χ1n) is 7.43. The Morgan fingerprint density at radius 1 is 1.38 bits per heavy atom. The molecule has 3 rings (SSSR count). The highest BCUT2D eigenvalue weighted by Crippen LogP contribution is 2.21. The number of nitrogens with zero attached hydrogens (tertiary/aromatic N) is 2. The molecule has 1 atom stereocenters. The molecule has 0 spiro atoms. The highest BCUT2D eigenvalue weighted by molar-refractivity contribution is 5.92. The largest absolute Gasteiger partial charge is 0.399 e. The van der Waals surface area contributed by atoms with E-state index in [0.717, 1.165) is 19.6 Å². The van der Waals surface area contributed by atoms with Gasteiger partial charge >= 0.3 is 0 Å². The molecule has 6 heteroatoms. The van der Waals surface area contributed by atoms with Crippen molar-refractivity contribution in [3.8, 4) is 0 Å². The molecule has 0 aliphatic carbocycles. The fraction of sp³-hybridized carbons (Fsp3) is 0.533. The number of piperazine rings is 1. The fourth-order valence-corrected chi connectivity index (χ4v) is 3.23. The Labute approximate surface area is 123 Å². The zero-order chi connectivity index (χ0) is 14.8. The van der Waals surface area contributed by atoms with Gasteiger partial charge < -0.3 is 11.1 Å². The number of hydrogen-bond donors (Lipinski definition) is 2. The topological polar surface area (TPSA) is 61.6 Å². The second-order valence-corrected chi connectivity index (χ2v) is 5.85. The van der Waals surface area contributed by atoms with Crippen LogP contribution in [0, 0.1) is 5.82 Å². The molecule has 0 bridgehead atoms. The van der Waals surface area contributed by atoms with E-state index in [9.17, 15) is 9.18 Å². The number of carbonyl (C=O) groups excluding carboxylic acids is 1. The van der Waals surface area contributed by atoms with Crippen molar-refractivity contribution in [2.45, 2.75) is 18.9 Å². The van der Waals surface area contributed by atoms with Gasteiger partial charge in [-0.05, 0) is 37.6 Å². The Hall–Kier alpha value is -1.66. The van der Waals surface area contributed by atoms with Crippen molar-refractivity contribution >= 4 is 17.3 Å². The number of halogens is 1. The van der Waals surface area contributed by atoms with Gasteiger partial charge in [0.15, 0.2) is 0 Å². The van der Waals surface area contributed by atoms with Crippen LogP contribution in [0.2, 0.25) is 0 Å². The quantitative estimate of drug-likeness (QED) is 0.820. The maximum atomic E-state index is 13.6. The highest BCUT2D eigenvalue weighted by Gasteiger charge is 2.31. The lowest BCUT2D eigenvalue weighted by Gasteiger charge is -2.37. The molecule has 21 heavy (non-hydrogen) atoms. The number of anilines is 2. The highest BCUT2D eigenvalue weighted by atomic mass is 19.1. The van der Waals surface area contributed by atoms with E-state index in [4.69, 9.17) is 5.73 Å². The molecule has 5 nitrogen and oxygen atoms in total. The first-order chi connectivity index (χ1) is 10.1. The maximum Gasteiger partial charge on any atom is 0.238 e. The summed E-state index contributed by atoms with van der Waals surface area (Å²) >= 11 is 0. The van der Waals surface area contributed by atoms with Gasteiger partial charge in [0.1, 0.15) is 5.82 Å². The monoisotopic (exact) mass is 292 g/mol. The van der Waals surface area contributed by atoms with Crippen molar-refractivity contribution in [2.75, 3.05) is 43.8 Å². The molecule has 1 unspecified atom stereocenters. The number of nitrogen functional groups attached to an aromatic ring is 1. The van der Waals surface area contributed by atoms with Crippen molar-refractivity contribution in [3.05, 3.63) is 24.0 Å². The summed E-state index contributed by atoms with van der Waals surface area (Å²) in [5, 5.41) is 2.61. The Morgan fingerprint density at radius 2 is 2.24 bits per heavy atom. The maximum absolute atomic E-state index is 13.6. The van der Waals surface area contributed by atoms with Crippen LogP contribution < -0.4 is 11.1 Å². The smallest absolute Gasteiger partial charge is 0.238 e. The lowest BCUT2D eigenvalue weighted by Crippen LogP contribution is -2.51. The summed E-state index contributed by atoms with van der Waals surface area (Å²) in [5.74, 6) is -0.649. The van der Waals surface area contributed by atoms with E-state index < -0.39 is 5.82 Å². The van der Waals surface area contributed by atoms with Crippen LogP contribution in [0.15, 0.2) is 18.2 Å². The third-order valence-corrected chi connectivity index (χ3v) is 4.30. The van der Waals surface area contributed by atoms with E-state index in [0.29, 0.717) is 18.3 Å². The van der Waals surface area contributed by atoms with Gasteiger partial charge in [0.05, 0.1) is 12.2 Å². The van der Waals surface area contributed by atoms with Crippen LogP contribution in [0.5, 0.6) is 0 Å². The number of nitrogens with one attached hydrogen (secondary N) is 1. The van der Waals surface area contributed by atoms with Gasteiger partial charge in [-0.1, -0.05) is 0 Å². The van der Waals surface area contributed by atoms with E-state index in [1.54, 1.807) is 0 Å². The minimum Gasteiger partial charge on any atom is -0.399 e. The van der Waals surface area contributed by atoms with Crippen LogP contribution in [0.4, 0.5) is 15.8 Å². The summed E-state index contributed by atoms with van der Waals surface area (Å²) in [6, 6.07) is 4.77. The van der Waals surface area contributed by atoms with Gasteiger partial charge in [-0.3, -0.25) is 14.6 Å². The Bertz CT molecular complexity index is 536. The fourth-order valence-electron chi connectivity index (χ4n) is 3.23. The van der Waals surface area contributed by atoms with E-state index in [1.165, 1.54) is 37.6 Å². The molecular formula is C15H21FN4O. The first kappa shape index (κ1) is 14.3. The van der Waals surface area contributed by atoms with Gasteiger partial charge in [-0.15, -0.1) is 0 Å². The van der Waals surface area contributed by atoms with Crippen LogP contribution in [-0.4, -0.2) is 54.5 Å². The Morgan fingerprint density at radius 3 is 3.10 bits per heavy atom. The summed E-state index contributed by atoms with van der Waals surface area (Å²) in [4.78, 5) is 16.7. The number of carbonyl (C=O) groups is 1. The zero-order valence-corrected chi connectivity index (χ0v) is 12.0. The standard InChI is InChI=1S/C15H21FN4O/c16-13-4-3-11(17)8-14(13)18-15(21)10-19-6-7-20-5-1-2-12(20)9-19/h3-4,8,12H,1-2,5-7,9-10,17H2,(H,18,21). The minimum absolute atomic E-state index is 0.152. The van der Waals surface area contributed by atoms with Crippen LogP contribution >= 0.6 is 0 Å². The molecule has 2 fully saturated rings. The van der Waals surface area contributed by atoms with E-state index in [-0.39, 0.29) is 11.6 Å². The molecule has 0 radical (unpaired) electrons. The predicted molar refractivity (Wildman–Crippen MR) is 80.5 cm³/mol. The normalized spacial score (nSPS) is 23.0. The number of amides is 1. The van der Waals surface area contributed by atoms with Crippen molar-refractivity contribution in [2.24, 2.45) is 0 Å². The molecule has 0 saturated carbocycles. The summed E-state index contributed by atoms with van der Waals surface area (Å²) in [6.07, 6.45) is 2.46. The molecule has 2 aliphatic rings. The number of benzene rings is 1. The van der Waals surface area contributed by atoms with Gasteiger partial charge in [-0.2, -0.15) is 0 Å². The van der Waals surface area contributed by atoms with Crippen LogP contribution in [0.1, 0.15) is 12.8 Å². The average Bonchev–Trinajstić information content (AvgIpc) is 2.90. The molecule has 3 N–H and O–H groups in total. The lowest BCUT2D eigenvalue weighted by atomic mass is 10.1. The summed E-state index contributed by atoms with van der Waals surface area (Å²) in [7, 11) is 0. The second kappa shape index (κ2) is 5.99. The molecule has 2 heterocycles. The average molecular weight is 292 g/mol.